The molecule has 7 heteroatoms. The molecule has 1 atom stereocenters. The van der Waals surface area contributed by atoms with Gasteiger partial charge in [-0.25, -0.2) is 0 Å². The van der Waals surface area contributed by atoms with Gasteiger partial charge in [-0.1, -0.05) is 0 Å². The number of rotatable bonds is 2. The smallest absolute Gasteiger partial charge is 1.00 e. The summed E-state index contributed by atoms with van der Waals surface area (Å²) < 4.78 is 28.8. The van der Waals surface area contributed by atoms with Gasteiger partial charge in [-0.05, 0) is 6.92 Å². The summed E-state index contributed by atoms with van der Waals surface area (Å²) in [6.07, 6.45) is -1.25. The molecule has 0 rings (SSSR count). The topological polar surface area (TPSA) is 86.6 Å². The van der Waals surface area contributed by atoms with E-state index in [-0.39, 0.29) is 31.0 Å². The summed E-state index contributed by atoms with van der Waals surface area (Å²) >= 11 is 0. The zero-order chi connectivity index (χ0) is 6.78. The van der Waals surface area contributed by atoms with Gasteiger partial charge in [0.1, 0.15) is 6.23 Å². The van der Waals surface area contributed by atoms with Gasteiger partial charge in [-0.15, -0.1) is 0 Å². The first-order valence-electron chi connectivity index (χ1n) is 1.84. The fraction of sp³-hybridized carbons (Fsp3) is 1.00. The fourth-order valence-corrected chi connectivity index (χ4v) is 0.647. The van der Waals surface area contributed by atoms with Crippen LogP contribution >= 0.6 is 0 Å². The molecule has 0 aromatic rings. The van der Waals surface area contributed by atoms with Gasteiger partial charge in [0.2, 0.25) is 0 Å². The van der Waals surface area contributed by atoms with Crippen molar-refractivity contribution in [2.75, 3.05) is 0 Å². The summed E-state index contributed by atoms with van der Waals surface area (Å²) in [5, 5.41) is 8.24. The molecule has 0 spiro atoms. The minimum absolute atomic E-state index is 0. The van der Waals surface area contributed by atoms with E-state index in [1.54, 1.807) is 0 Å². The number of aliphatic hydroxyl groups is 1. The van der Waals surface area contributed by atoms with E-state index in [0.717, 1.165) is 0 Å². The van der Waals surface area contributed by atoms with Crippen molar-refractivity contribution >= 4 is 10.3 Å². The largest absolute Gasteiger partial charge is 1.00 e. The van der Waals surface area contributed by atoms with Crippen LogP contribution in [0.15, 0.2) is 0 Å². The molecule has 0 aliphatic rings. The molecule has 1 unspecified atom stereocenters. The number of hydrogen-bond donors (Lipinski definition) is 3. The van der Waals surface area contributed by atoms with E-state index >= 15 is 0 Å². The van der Waals surface area contributed by atoms with Gasteiger partial charge in [-0.3, -0.25) is 4.55 Å². The van der Waals surface area contributed by atoms with Crippen LogP contribution in [0, 0.1) is 0 Å². The maximum absolute atomic E-state index is 9.73. The van der Waals surface area contributed by atoms with Crippen LogP contribution in [0.5, 0.6) is 0 Å². The Morgan fingerprint density at radius 2 is 2.00 bits per heavy atom. The van der Waals surface area contributed by atoms with Crippen molar-refractivity contribution in [3.05, 3.63) is 0 Å². The van der Waals surface area contributed by atoms with Crippen LogP contribution in [0.2, 0.25) is 0 Å². The third-order valence-corrected chi connectivity index (χ3v) is 0.958. The van der Waals surface area contributed by atoms with Crippen molar-refractivity contribution in [3.63, 3.8) is 0 Å². The Balaban J connectivity index is -0.000000245. The van der Waals surface area contributed by atoms with Crippen LogP contribution in [0.25, 0.3) is 0 Å². The fourth-order valence-electron chi connectivity index (χ4n) is 0.216. The monoisotopic (exact) mass is 165 g/mol. The summed E-state index contributed by atoms with van der Waals surface area (Å²) in [5.74, 6) is 0. The SMILES string of the molecule is CC(O)NS(=O)(=O)O.[H-].[Na+]. The van der Waals surface area contributed by atoms with Crippen LogP contribution in [-0.2, 0) is 10.3 Å². The van der Waals surface area contributed by atoms with E-state index in [9.17, 15) is 8.42 Å². The molecule has 0 heterocycles. The summed E-state index contributed by atoms with van der Waals surface area (Å²) in [6, 6.07) is 0. The van der Waals surface area contributed by atoms with Crippen molar-refractivity contribution in [1.82, 2.24) is 4.72 Å². The van der Waals surface area contributed by atoms with Gasteiger partial charge in [0, 0.05) is 0 Å². The summed E-state index contributed by atoms with van der Waals surface area (Å²) in [7, 11) is -4.22. The Morgan fingerprint density at radius 1 is 1.67 bits per heavy atom. The predicted octanol–water partition coefficient (Wildman–Crippen LogP) is -4.17. The van der Waals surface area contributed by atoms with Crippen LogP contribution < -0.4 is 34.3 Å². The van der Waals surface area contributed by atoms with Gasteiger partial charge in [0.05, 0.1) is 0 Å². The first-order valence-corrected chi connectivity index (χ1v) is 3.28. The van der Waals surface area contributed by atoms with Crippen LogP contribution in [0.4, 0.5) is 0 Å². The molecule has 0 aliphatic heterocycles. The molecule has 52 valence electrons. The van der Waals surface area contributed by atoms with E-state index in [2.05, 4.69) is 0 Å². The quantitative estimate of drug-likeness (QED) is 0.220. The average molecular weight is 165 g/mol. The summed E-state index contributed by atoms with van der Waals surface area (Å²) in [4.78, 5) is 0. The van der Waals surface area contributed by atoms with Crippen molar-refractivity contribution in [1.29, 1.82) is 0 Å². The predicted molar refractivity (Wildman–Crippen MR) is 27.5 cm³/mol. The van der Waals surface area contributed by atoms with Gasteiger partial charge in [0.15, 0.2) is 0 Å². The molecular weight excluding hydrogens is 157 g/mol. The number of hydrogen-bond acceptors (Lipinski definition) is 3. The molecule has 0 saturated carbocycles. The third-order valence-electron chi connectivity index (χ3n) is 0.319. The van der Waals surface area contributed by atoms with E-state index in [1.807, 2.05) is 0 Å². The van der Waals surface area contributed by atoms with Crippen molar-refractivity contribution in [2.45, 2.75) is 13.2 Å². The minimum atomic E-state index is -4.22. The minimum Gasteiger partial charge on any atom is -1.00 e. The Hall–Kier alpha value is 0.830. The van der Waals surface area contributed by atoms with Crippen molar-refractivity contribution in [3.8, 4) is 0 Å². The second-order valence-corrected chi connectivity index (χ2v) is 2.45. The molecule has 0 fully saturated rings. The maximum Gasteiger partial charge on any atom is 1.00 e. The zero-order valence-electron chi connectivity index (χ0n) is 6.20. The first-order chi connectivity index (χ1) is 3.42. The van der Waals surface area contributed by atoms with E-state index in [4.69, 9.17) is 9.66 Å². The summed E-state index contributed by atoms with van der Waals surface area (Å²) in [5.41, 5.74) is 0. The Labute approximate surface area is 77.1 Å². The standard InChI is InChI=1S/C2H7NO4S.Na.H/c1-2(4)3-8(5,6)7;;/h2-4H,1H3,(H,5,6,7);;/q;+1;-1. The normalized spacial score (nSPS) is 14.1. The zero-order valence-corrected chi connectivity index (χ0v) is 8.01. The molecule has 0 amide bonds. The molecule has 0 aliphatic carbocycles. The Bertz CT molecular complexity index is 157. The van der Waals surface area contributed by atoms with Gasteiger partial charge < -0.3 is 6.53 Å². The Morgan fingerprint density at radius 3 is 2.00 bits per heavy atom. The Kier molecular flexibility index (Phi) is 6.41. The molecule has 9 heavy (non-hydrogen) atoms. The molecule has 0 radical (unpaired) electrons. The molecule has 3 N–H and O–H groups in total. The second kappa shape index (κ2) is 4.62. The number of aliphatic hydroxyl groups excluding tert-OH is 1. The molecule has 0 aromatic heterocycles. The van der Waals surface area contributed by atoms with Gasteiger partial charge >= 0.3 is 39.9 Å². The first kappa shape index (κ1) is 12.5. The molecule has 0 saturated heterocycles. The van der Waals surface area contributed by atoms with Crippen LogP contribution in [0.1, 0.15) is 8.35 Å². The second-order valence-electron chi connectivity index (χ2n) is 1.27. The van der Waals surface area contributed by atoms with Crippen LogP contribution in [-0.4, -0.2) is 24.3 Å². The van der Waals surface area contributed by atoms with E-state index < -0.39 is 16.5 Å². The molecular formula is C2H8NNaO4S. The molecule has 0 aromatic carbocycles. The van der Waals surface area contributed by atoms with Crippen molar-refractivity contribution < 1.29 is 49.1 Å². The summed E-state index contributed by atoms with van der Waals surface area (Å²) in [6.45, 7) is 1.17. The van der Waals surface area contributed by atoms with E-state index in [0.29, 0.717) is 0 Å². The van der Waals surface area contributed by atoms with E-state index in [1.165, 1.54) is 11.6 Å². The third kappa shape index (κ3) is 12.1. The molecule has 5 nitrogen and oxygen atoms in total. The van der Waals surface area contributed by atoms with Crippen LogP contribution in [0.3, 0.4) is 0 Å². The number of nitrogens with one attached hydrogen (secondary N) is 1. The van der Waals surface area contributed by atoms with Crippen molar-refractivity contribution in [2.24, 2.45) is 0 Å². The molecule has 0 bridgehead atoms. The van der Waals surface area contributed by atoms with Gasteiger partial charge in [-0.2, -0.15) is 13.1 Å². The van der Waals surface area contributed by atoms with Gasteiger partial charge in [0.25, 0.3) is 0 Å². The average Bonchev–Trinajstić information content (AvgIpc) is 1.21. The maximum atomic E-state index is 9.73.